The first kappa shape index (κ1) is 30.0. The Kier molecular flexibility index (Phi) is 9.97. The van der Waals surface area contributed by atoms with E-state index in [1.54, 1.807) is 57.2 Å². The van der Waals surface area contributed by atoms with E-state index < -0.39 is 47.4 Å². The summed E-state index contributed by atoms with van der Waals surface area (Å²) in [5, 5.41) is 14.0. The van der Waals surface area contributed by atoms with Gasteiger partial charge in [0.15, 0.2) is 0 Å². The first-order valence-electron chi connectivity index (χ1n) is 11.5. The van der Waals surface area contributed by atoms with Gasteiger partial charge in [-0.15, -0.1) is 0 Å². The van der Waals surface area contributed by atoms with Crippen molar-refractivity contribution in [2.45, 2.75) is 52.9 Å². The molecular weight excluding hydrogens is 513 g/mol. The number of benzene rings is 2. The molecule has 3 atom stereocenters. The highest BCUT2D eigenvalue weighted by Gasteiger charge is 2.45. The number of hydrogen-bond acceptors (Lipinski definition) is 4. The zero-order valence-corrected chi connectivity index (χ0v) is 21.6. The Labute approximate surface area is 218 Å². The van der Waals surface area contributed by atoms with Gasteiger partial charge in [0.25, 0.3) is 0 Å². The lowest BCUT2D eigenvalue weighted by atomic mass is 9.77. The van der Waals surface area contributed by atoms with Crippen LogP contribution in [0.1, 0.15) is 38.8 Å². The number of carbonyl (C=O) groups is 3. The number of halogens is 4. The second-order valence-corrected chi connectivity index (χ2v) is 10.2. The van der Waals surface area contributed by atoms with Crippen molar-refractivity contribution in [2.75, 3.05) is 5.32 Å². The topological polar surface area (TPSA) is 105 Å². The van der Waals surface area contributed by atoms with Crippen molar-refractivity contribution in [2.24, 2.45) is 17.3 Å². The zero-order valence-electron chi connectivity index (χ0n) is 20.9. The monoisotopic (exact) mass is 542 g/mol. The van der Waals surface area contributed by atoms with Gasteiger partial charge in [0, 0.05) is 0 Å². The lowest BCUT2D eigenvalue weighted by Crippen LogP contribution is -2.51. The predicted molar refractivity (Wildman–Crippen MR) is 133 cm³/mol. The first-order chi connectivity index (χ1) is 17.1. The predicted octanol–water partition coefficient (Wildman–Crippen LogP) is 6.06. The molecule has 37 heavy (non-hydrogen) atoms. The van der Waals surface area contributed by atoms with Crippen LogP contribution in [0, 0.1) is 17.3 Å². The average molecular weight is 543 g/mol. The lowest BCUT2D eigenvalue weighted by Gasteiger charge is -2.27. The highest BCUT2D eigenvalue weighted by atomic mass is 35.5. The average Bonchev–Trinajstić information content (AvgIpc) is 2.80. The number of alkyl carbamates (subject to hydrolysis) is 1. The molecule has 3 N–H and O–H groups in total. The Bertz CT molecular complexity index is 1100. The fourth-order valence-corrected chi connectivity index (χ4v) is 3.67. The number of carbonyl (C=O) groups excluding carboxylic acids is 2. The third kappa shape index (κ3) is 8.96. The second kappa shape index (κ2) is 12.3. The fraction of sp³-hybridized carbons (Fsp3) is 0.423. The van der Waals surface area contributed by atoms with Gasteiger partial charge in [-0.1, -0.05) is 75.7 Å². The number of rotatable bonds is 9. The van der Waals surface area contributed by atoms with Crippen LogP contribution >= 0.6 is 11.6 Å². The van der Waals surface area contributed by atoms with E-state index in [0.717, 1.165) is 6.92 Å². The molecule has 0 aliphatic rings. The zero-order chi connectivity index (χ0) is 28.0. The van der Waals surface area contributed by atoms with Crippen LogP contribution in [0.2, 0.25) is 5.02 Å². The van der Waals surface area contributed by atoms with E-state index in [-0.39, 0.29) is 23.7 Å². The van der Waals surface area contributed by atoms with Gasteiger partial charge in [-0.3, -0.25) is 9.59 Å². The fourth-order valence-electron chi connectivity index (χ4n) is 3.50. The Morgan fingerprint density at radius 1 is 1.03 bits per heavy atom. The van der Waals surface area contributed by atoms with Crippen molar-refractivity contribution in [3.05, 3.63) is 64.7 Å². The molecule has 0 spiro atoms. The summed E-state index contributed by atoms with van der Waals surface area (Å²) in [5.41, 5.74) is 0.534. The second-order valence-electron chi connectivity index (χ2n) is 9.78. The van der Waals surface area contributed by atoms with Crippen LogP contribution < -0.4 is 10.6 Å². The molecule has 2 rings (SSSR count). The molecule has 202 valence electrons. The normalized spacial score (nSPS) is 14.3. The molecule has 0 aliphatic heterocycles. The van der Waals surface area contributed by atoms with E-state index in [1.807, 2.05) is 5.32 Å². The smallest absolute Gasteiger partial charge is 0.408 e. The molecule has 0 heterocycles. The molecule has 0 fully saturated rings. The number of amides is 2. The maximum atomic E-state index is 13.5. The van der Waals surface area contributed by atoms with Crippen LogP contribution in [0.15, 0.2) is 48.5 Å². The number of nitrogens with one attached hydrogen (secondary N) is 2. The molecule has 0 saturated carbocycles. The van der Waals surface area contributed by atoms with E-state index in [1.165, 1.54) is 12.1 Å². The van der Waals surface area contributed by atoms with Crippen molar-refractivity contribution in [1.82, 2.24) is 5.32 Å². The molecule has 0 aliphatic carbocycles. The molecular formula is C26H30ClF3N2O5. The van der Waals surface area contributed by atoms with Crippen LogP contribution in [0.5, 0.6) is 0 Å². The number of anilines is 1. The van der Waals surface area contributed by atoms with Crippen LogP contribution in [-0.4, -0.2) is 35.3 Å². The number of ether oxygens (including phenoxy) is 1. The Morgan fingerprint density at radius 2 is 1.65 bits per heavy atom. The molecule has 2 aromatic rings. The molecule has 3 unspecified atom stereocenters. The van der Waals surface area contributed by atoms with E-state index in [2.05, 4.69) is 5.32 Å². The minimum absolute atomic E-state index is 0.0129. The lowest BCUT2D eigenvalue weighted by molar-refractivity contribution is -0.178. The van der Waals surface area contributed by atoms with Crippen LogP contribution in [0.4, 0.5) is 23.7 Å². The first-order valence-corrected chi connectivity index (χ1v) is 11.8. The van der Waals surface area contributed by atoms with Crippen LogP contribution in [0.3, 0.4) is 0 Å². The highest BCUT2D eigenvalue weighted by molar-refractivity contribution is 6.33. The van der Waals surface area contributed by atoms with Crippen molar-refractivity contribution in [3.63, 3.8) is 0 Å². The molecule has 7 nitrogen and oxygen atoms in total. The summed E-state index contributed by atoms with van der Waals surface area (Å²) in [6.45, 7) is 5.89. The summed E-state index contributed by atoms with van der Waals surface area (Å²) in [4.78, 5) is 36.9. The molecule has 0 saturated heterocycles. The number of carboxylic acid groups (broad SMARTS) is 1. The molecule has 2 aromatic carbocycles. The van der Waals surface area contributed by atoms with Gasteiger partial charge in [0.1, 0.15) is 12.6 Å². The summed E-state index contributed by atoms with van der Waals surface area (Å²) >= 11 is 6.16. The quantitative estimate of drug-likeness (QED) is 0.357. The van der Waals surface area contributed by atoms with Gasteiger partial charge in [-0.05, 0) is 35.1 Å². The molecule has 0 radical (unpaired) electrons. The van der Waals surface area contributed by atoms with Crippen LogP contribution in [-0.2, 0) is 27.4 Å². The highest BCUT2D eigenvalue weighted by Crippen LogP contribution is 2.33. The minimum atomic E-state index is -4.80. The molecule has 2 amide bonds. The number of aliphatic carboxylic acids is 1. The summed E-state index contributed by atoms with van der Waals surface area (Å²) in [6.07, 6.45) is -5.90. The number of hydrogen-bond donors (Lipinski definition) is 3. The van der Waals surface area contributed by atoms with Gasteiger partial charge in [-0.25, -0.2) is 4.79 Å². The third-order valence-electron chi connectivity index (χ3n) is 5.86. The van der Waals surface area contributed by atoms with E-state index in [0.29, 0.717) is 11.1 Å². The van der Waals surface area contributed by atoms with Crippen molar-refractivity contribution in [3.8, 4) is 0 Å². The van der Waals surface area contributed by atoms with Crippen LogP contribution in [0.25, 0.3) is 0 Å². The van der Waals surface area contributed by atoms with Gasteiger partial charge in [0.2, 0.25) is 5.91 Å². The van der Waals surface area contributed by atoms with Gasteiger partial charge >= 0.3 is 18.2 Å². The SMILES string of the molecule is CC(C(NC(=O)OCc1ccccc1)C(=O)Nc1cc(CC(C(=O)O)C(C)(C)C)ccc1Cl)C(F)(F)F. The van der Waals surface area contributed by atoms with Crippen molar-refractivity contribution >= 4 is 35.3 Å². The molecule has 11 heteroatoms. The number of carboxylic acids is 1. The third-order valence-corrected chi connectivity index (χ3v) is 6.19. The van der Waals surface area contributed by atoms with E-state index in [9.17, 15) is 32.7 Å². The van der Waals surface area contributed by atoms with Gasteiger partial charge in [0.05, 0.1) is 22.5 Å². The Hall–Kier alpha value is -3.27. The van der Waals surface area contributed by atoms with Gasteiger partial charge < -0.3 is 20.5 Å². The maximum Gasteiger partial charge on any atom is 0.408 e. The minimum Gasteiger partial charge on any atom is -0.481 e. The van der Waals surface area contributed by atoms with Gasteiger partial charge in [-0.2, -0.15) is 13.2 Å². The largest absolute Gasteiger partial charge is 0.481 e. The Balaban J connectivity index is 2.22. The standard InChI is InChI=1S/C26H30ClF3N2O5/c1-15(26(28,29)30)21(32-24(36)37-14-16-8-6-5-7-9-16)22(33)31-20-13-17(10-11-19(20)27)12-18(23(34)35)25(2,3)4/h5-11,13,15,18,21H,12,14H2,1-4H3,(H,31,33)(H,32,36)(H,34,35). The van der Waals surface area contributed by atoms with E-state index in [4.69, 9.17) is 16.3 Å². The summed E-state index contributed by atoms with van der Waals surface area (Å²) in [7, 11) is 0. The molecule has 0 aromatic heterocycles. The maximum absolute atomic E-state index is 13.5. The summed E-state index contributed by atoms with van der Waals surface area (Å²) in [5.74, 6) is -5.19. The Morgan fingerprint density at radius 3 is 2.19 bits per heavy atom. The molecule has 0 bridgehead atoms. The summed E-state index contributed by atoms with van der Waals surface area (Å²) in [6, 6.07) is 10.9. The van der Waals surface area contributed by atoms with Crippen molar-refractivity contribution in [1.29, 1.82) is 0 Å². The summed E-state index contributed by atoms with van der Waals surface area (Å²) < 4.78 is 45.5. The van der Waals surface area contributed by atoms with E-state index >= 15 is 0 Å². The van der Waals surface area contributed by atoms with Crippen molar-refractivity contribution < 1.29 is 37.4 Å². The number of alkyl halides is 3.